The molecule has 0 aliphatic carbocycles. The lowest BCUT2D eigenvalue weighted by Gasteiger charge is -2.27. The minimum absolute atomic E-state index is 0.165. The smallest absolute Gasteiger partial charge is 0.236 e. The fraction of sp³-hybridized carbons (Fsp3) is 0.429. The summed E-state index contributed by atoms with van der Waals surface area (Å²) in [4.78, 5) is 15.5. The lowest BCUT2D eigenvalue weighted by atomic mass is 10.1. The topological polar surface area (TPSA) is 50.2 Å². The van der Waals surface area contributed by atoms with Crippen LogP contribution in [0.1, 0.15) is 16.1 Å². The van der Waals surface area contributed by atoms with Crippen molar-refractivity contribution in [3.05, 3.63) is 39.8 Å². The van der Waals surface area contributed by atoms with Crippen LogP contribution in [-0.4, -0.2) is 33.7 Å². The molecular weight excluding hydrogens is 272 g/mol. The maximum atomic E-state index is 12.2. The number of aromatic nitrogens is 2. The quantitative estimate of drug-likeness (QED) is 0.919. The van der Waals surface area contributed by atoms with Crippen molar-refractivity contribution in [3.8, 4) is 0 Å². The van der Waals surface area contributed by atoms with E-state index in [-0.39, 0.29) is 5.91 Å². The summed E-state index contributed by atoms with van der Waals surface area (Å²) in [5, 5.41) is 9.55. The summed E-state index contributed by atoms with van der Waals surface area (Å²) in [6.45, 7) is 2.58. The molecular formula is C14H18N4OS. The molecule has 0 saturated carbocycles. The predicted octanol–water partition coefficient (Wildman–Crippen LogP) is 1.16. The van der Waals surface area contributed by atoms with Crippen LogP contribution in [0.5, 0.6) is 0 Å². The zero-order valence-corrected chi connectivity index (χ0v) is 12.3. The first-order valence-electron chi connectivity index (χ1n) is 6.74. The van der Waals surface area contributed by atoms with Gasteiger partial charge in [0.2, 0.25) is 5.91 Å². The van der Waals surface area contributed by atoms with Gasteiger partial charge in [-0.05, 0) is 29.5 Å². The van der Waals surface area contributed by atoms with Gasteiger partial charge >= 0.3 is 0 Å². The van der Waals surface area contributed by atoms with E-state index < -0.39 is 0 Å². The summed E-state index contributed by atoms with van der Waals surface area (Å²) in [6.07, 6.45) is 2.89. The Bertz CT molecular complexity index is 604. The van der Waals surface area contributed by atoms with E-state index >= 15 is 0 Å². The fourth-order valence-corrected chi connectivity index (χ4v) is 3.32. The first-order chi connectivity index (χ1) is 9.72. The number of aryl methyl sites for hydroxylation is 1. The molecule has 0 fully saturated rings. The molecule has 0 saturated heterocycles. The summed E-state index contributed by atoms with van der Waals surface area (Å²) in [5.41, 5.74) is 2.26. The molecule has 2 aromatic rings. The van der Waals surface area contributed by atoms with Crippen LogP contribution in [0.15, 0.2) is 23.7 Å². The second-order valence-corrected chi connectivity index (χ2v) is 6.02. The van der Waals surface area contributed by atoms with Crippen LogP contribution in [0.4, 0.5) is 0 Å². The lowest BCUT2D eigenvalue weighted by molar-refractivity contribution is -0.131. The van der Waals surface area contributed by atoms with E-state index in [9.17, 15) is 4.79 Å². The zero-order valence-electron chi connectivity index (χ0n) is 11.5. The van der Waals surface area contributed by atoms with Gasteiger partial charge in [-0.1, -0.05) is 0 Å². The molecule has 0 aromatic carbocycles. The first kappa shape index (κ1) is 13.3. The van der Waals surface area contributed by atoms with E-state index in [1.807, 2.05) is 24.2 Å². The molecule has 0 atom stereocenters. The van der Waals surface area contributed by atoms with Crippen molar-refractivity contribution in [3.63, 3.8) is 0 Å². The van der Waals surface area contributed by atoms with E-state index in [0.717, 1.165) is 25.2 Å². The van der Waals surface area contributed by atoms with Crippen LogP contribution in [0.3, 0.4) is 0 Å². The summed E-state index contributed by atoms with van der Waals surface area (Å²) in [5.74, 6) is 0.165. The number of nitrogens with one attached hydrogen (secondary N) is 1. The second kappa shape index (κ2) is 5.76. The largest absolute Gasteiger partial charge is 0.337 e. The van der Waals surface area contributed by atoms with Crippen molar-refractivity contribution in [2.24, 2.45) is 7.05 Å². The Morgan fingerprint density at radius 1 is 1.50 bits per heavy atom. The molecule has 1 aliphatic heterocycles. The second-order valence-electron chi connectivity index (χ2n) is 5.02. The molecule has 5 nitrogen and oxygen atoms in total. The summed E-state index contributed by atoms with van der Waals surface area (Å²) >= 11 is 1.79. The molecule has 2 aromatic heterocycles. The fourth-order valence-electron chi connectivity index (χ4n) is 2.43. The Morgan fingerprint density at radius 3 is 3.20 bits per heavy atom. The SMILES string of the molecule is Cn1ccc(CNCC(=O)N2CCc3sccc3C2)n1. The van der Waals surface area contributed by atoms with Crippen molar-refractivity contribution in [1.82, 2.24) is 20.0 Å². The average Bonchev–Trinajstić information content (AvgIpc) is 3.06. The number of hydrogen-bond acceptors (Lipinski definition) is 4. The maximum Gasteiger partial charge on any atom is 0.236 e. The number of carbonyl (C=O) groups is 1. The van der Waals surface area contributed by atoms with Crippen LogP contribution < -0.4 is 5.32 Å². The predicted molar refractivity (Wildman–Crippen MR) is 78.4 cm³/mol. The van der Waals surface area contributed by atoms with Crippen molar-refractivity contribution in [2.75, 3.05) is 13.1 Å². The highest BCUT2D eigenvalue weighted by Crippen LogP contribution is 2.23. The normalized spacial score (nSPS) is 14.3. The van der Waals surface area contributed by atoms with Gasteiger partial charge in [-0.3, -0.25) is 9.48 Å². The number of hydrogen-bond donors (Lipinski definition) is 1. The minimum Gasteiger partial charge on any atom is -0.337 e. The Kier molecular flexibility index (Phi) is 3.84. The number of amides is 1. The van der Waals surface area contributed by atoms with Gasteiger partial charge < -0.3 is 10.2 Å². The Labute approximate surface area is 122 Å². The molecule has 106 valence electrons. The number of fused-ring (bicyclic) bond motifs is 1. The first-order valence-corrected chi connectivity index (χ1v) is 7.62. The average molecular weight is 290 g/mol. The van der Waals surface area contributed by atoms with Crippen LogP contribution >= 0.6 is 11.3 Å². The van der Waals surface area contributed by atoms with E-state index in [0.29, 0.717) is 13.1 Å². The van der Waals surface area contributed by atoms with Crippen LogP contribution in [0.2, 0.25) is 0 Å². The van der Waals surface area contributed by atoms with Gasteiger partial charge in [0.05, 0.1) is 12.2 Å². The van der Waals surface area contributed by atoms with Crippen molar-refractivity contribution < 1.29 is 4.79 Å². The molecule has 0 radical (unpaired) electrons. The van der Waals surface area contributed by atoms with Gasteiger partial charge in [-0.25, -0.2) is 0 Å². The van der Waals surface area contributed by atoms with E-state index in [1.165, 1.54) is 10.4 Å². The molecule has 0 unspecified atom stereocenters. The van der Waals surface area contributed by atoms with Gasteiger partial charge in [0.1, 0.15) is 0 Å². The van der Waals surface area contributed by atoms with Crippen LogP contribution in [0, 0.1) is 0 Å². The molecule has 20 heavy (non-hydrogen) atoms. The highest BCUT2D eigenvalue weighted by molar-refractivity contribution is 7.10. The Morgan fingerprint density at radius 2 is 2.40 bits per heavy atom. The molecule has 3 rings (SSSR count). The van der Waals surface area contributed by atoms with Gasteiger partial charge in [0.15, 0.2) is 0 Å². The summed E-state index contributed by atoms with van der Waals surface area (Å²) < 4.78 is 1.77. The third-order valence-corrected chi connectivity index (χ3v) is 4.53. The highest BCUT2D eigenvalue weighted by atomic mass is 32.1. The van der Waals surface area contributed by atoms with E-state index in [4.69, 9.17) is 0 Å². The zero-order chi connectivity index (χ0) is 13.9. The van der Waals surface area contributed by atoms with Gasteiger partial charge in [-0.15, -0.1) is 11.3 Å². The summed E-state index contributed by atoms with van der Waals surface area (Å²) in [7, 11) is 1.89. The van der Waals surface area contributed by atoms with Crippen LogP contribution in [-0.2, 0) is 31.4 Å². The number of nitrogens with zero attached hydrogens (tertiary/aromatic N) is 3. The molecule has 1 aliphatic rings. The highest BCUT2D eigenvalue weighted by Gasteiger charge is 2.20. The standard InChI is InChI=1S/C14H18N4OS/c1-17-5-2-12(16-17)8-15-9-14(19)18-6-3-13-11(10-18)4-7-20-13/h2,4-5,7,15H,3,6,8-10H2,1H3. The van der Waals surface area contributed by atoms with E-state index in [1.54, 1.807) is 16.0 Å². The Balaban J connectivity index is 1.48. The summed E-state index contributed by atoms with van der Waals surface area (Å²) in [6, 6.07) is 4.08. The molecule has 3 heterocycles. The van der Waals surface area contributed by atoms with Crippen molar-refractivity contribution in [1.29, 1.82) is 0 Å². The molecule has 1 N–H and O–H groups in total. The van der Waals surface area contributed by atoms with Crippen molar-refractivity contribution in [2.45, 2.75) is 19.5 Å². The molecule has 0 spiro atoms. The number of rotatable bonds is 4. The molecule has 6 heteroatoms. The van der Waals surface area contributed by atoms with Crippen molar-refractivity contribution >= 4 is 17.2 Å². The number of thiophene rings is 1. The molecule has 1 amide bonds. The third-order valence-electron chi connectivity index (χ3n) is 3.51. The maximum absolute atomic E-state index is 12.2. The third kappa shape index (κ3) is 2.91. The molecule has 0 bridgehead atoms. The van der Waals surface area contributed by atoms with E-state index in [2.05, 4.69) is 21.9 Å². The monoisotopic (exact) mass is 290 g/mol. The Hall–Kier alpha value is -1.66. The minimum atomic E-state index is 0.165. The van der Waals surface area contributed by atoms with Crippen LogP contribution in [0.25, 0.3) is 0 Å². The van der Waals surface area contributed by atoms with Gasteiger partial charge in [0.25, 0.3) is 0 Å². The van der Waals surface area contributed by atoms with Gasteiger partial charge in [0, 0.05) is 37.8 Å². The lowest BCUT2D eigenvalue weighted by Crippen LogP contribution is -2.40. The number of carbonyl (C=O) groups excluding carboxylic acids is 1. The van der Waals surface area contributed by atoms with Gasteiger partial charge in [-0.2, -0.15) is 5.10 Å².